The van der Waals surface area contributed by atoms with Crippen LogP contribution in [0.1, 0.15) is 38.5 Å². The average molecular weight is 464 g/mol. The van der Waals surface area contributed by atoms with Crippen molar-refractivity contribution >= 4 is 34.7 Å². The highest BCUT2D eigenvalue weighted by atomic mass is 35.5. The van der Waals surface area contributed by atoms with E-state index in [4.69, 9.17) is 27.9 Å². The van der Waals surface area contributed by atoms with Gasteiger partial charge in [-0.1, -0.05) is 23.2 Å². The molecule has 8 heteroatoms. The Morgan fingerprint density at radius 1 is 1.00 bits per heavy atom. The first kappa shape index (κ1) is 22.6. The minimum absolute atomic E-state index is 0.418. The quantitative estimate of drug-likeness (QED) is 0.330. The van der Waals surface area contributed by atoms with Crippen molar-refractivity contribution in [3.8, 4) is 11.1 Å². The summed E-state index contributed by atoms with van der Waals surface area (Å²) in [7, 11) is 1.74. The highest BCUT2D eigenvalue weighted by molar-refractivity contribution is 6.33. The predicted octanol–water partition coefficient (Wildman–Crippen LogP) is 5.23. The van der Waals surface area contributed by atoms with E-state index in [1.54, 1.807) is 19.5 Å². The van der Waals surface area contributed by atoms with E-state index in [0.717, 1.165) is 73.9 Å². The maximum atomic E-state index is 6.49. The molecule has 2 aromatic heterocycles. The zero-order valence-corrected chi connectivity index (χ0v) is 19.5. The Bertz CT molecular complexity index is 869. The number of halogens is 2. The topological polar surface area (TPSA) is 71.1 Å². The Morgan fingerprint density at radius 3 is 2.52 bits per heavy atom. The van der Waals surface area contributed by atoms with Gasteiger partial charge in [0.25, 0.3) is 0 Å². The summed E-state index contributed by atoms with van der Waals surface area (Å²) in [6.45, 7) is 2.60. The highest BCUT2D eigenvalue weighted by Crippen LogP contribution is 2.34. The molecule has 2 fully saturated rings. The zero-order valence-electron chi connectivity index (χ0n) is 18.0. The van der Waals surface area contributed by atoms with Crippen LogP contribution < -0.4 is 16.0 Å². The zero-order chi connectivity index (χ0) is 21.6. The molecule has 3 N–H and O–H groups in total. The normalized spacial score (nSPS) is 21.1. The molecular formula is C23H31Cl2N5O. The minimum atomic E-state index is 0.418. The van der Waals surface area contributed by atoms with E-state index in [-0.39, 0.29) is 0 Å². The van der Waals surface area contributed by atoms with E-state index in [2.05, 4.69) is 25.9 Å². The molecule has 0 aliphatic heterocycles. The average Bonchev–Trinajstić information content (AvgIpc) is 3.61. The summed E-state index contributed by atoms with van der Waals surface area (Å²) in [6, 6.07) is 5.03. The summed E-state index contributed by atoms with van der Waals surface area (Å²) in [5, 5.41) is 11.7. The lowest BCUT2D eigenvalue weighted by Gasteiger charge is -2.30. The number of methoxy groups -OCH3 is 1. The molecule has 0 bridgehead atoms. The second-order valence-corrected chi connectivity index (χ2v) is 9.34. The summed E-state index contributed by atoms with van der Waals surface area (Å²) in [5.74, 6) is 1.60. The summed E-state index contributed by atoms with van der Waals surface area (Å²) in [5.41, 5.74) is 2.70. The molecule has 6 nitrogen and oxygen atoms in total. The van der Waals surface area contributed by atoms with Crippen LogP contribution in [0.2, 0.25) is 10.2 Å². The predicted molar refractivity (Wildman–Crippen MR) is 128 cm³/mol. The number of ether oxygens (including phenoxy) is 1. The van der Waals surface area contributed by atoms with Gasteiger partial charge in [-0.2, -0.15) is 0 Å². The third-order valence-corrected chi connectivity index (χ3v) is 6.70. The molecule has 2 aliphatic rings. The summed E-state index contributed by atoms with van der Waals surface area (Å²) < 4.78 is 5.12. The Kier molecular flexibility index (Phi) is 7.88. The van der Waals surface area contributed by atoms with Gasteiger partial charge in [-0.25, -0.2) is 9.97 Å². The Morgan fingerprint density at radius 2 is 1.77 bits per heavy atom. The lowest BCUT2D eigenvalue weighted by molar-refractivity contribution is 0.191. The van der Waals surface area contributed by atoms with Crippen LogP contribution in [-0.2, 0) is 4.74 Å². The summed E-state index contributed by atoms with van der Waals surface area (Å²) in [4.78, 5) is 8.88. The number of aromatic nitrogens is 2. The van der Waals surface area contributed by atoms with Gasteiger partial charge in [0.1, 0.15) is 5.82 Å². The van der Waals surface area contributed by atoms with Crippen molar-refractivity contribution in [2.45, 2.75) is 50.6 Å². The number of nitrogens with zero attached hydrogens (tertiary/aromatic N) is 2. The van der Waals surface area contributed by atoms with Gasteiger partial charge in [-0.15, -0.1) is 0 Å². The van der Waals surface area contributed by atoms with E-state index in [1.165, 1.54) is 12.8 Å². The van der Waals surface area contributed by atoms with Crippen LogP contribution in [0.25, 0.3) is 11.1 Å². The number of pyridine rings is 2. The SMILES string of the molecule is COCCNC1CCC(Nc2cc(-c3cnc(Cl)c(NCC4CC4)c3)c(Cl)cn2)CC1. The van der Waals surface area contributed by atoms with Gasteiger partial charge in [0.15, 0.2) is 5.15 Å². The molecule has 0 unspecified atom stereocenters. The van der Waals surface area contributed by atoms with Gasteiger partial charge in [0, 0.05) is 55.8 Å². The van der Waals surface area contributed by atoms with Crippen LogP contribution >= 0.6 is 23.2 Å². The third-order valence-electron chi connectivity index (χ3n) is 6.10. The number of nitrogens with one attached hydrogen (secondary N) is 3. The highest BCUT2D eigenvalue weighted by Gasteiger charge is 2.22. The molecule has 2 aromatic rings. The van der Waals surface area contributed by atoms with Gasteiger partial charge in [-0.3, -0.25) is 0 Å². The van der Waals surface area contributed by atoms with Crippen LogP contribution in [0.3, 0.4) is 0 Å². The molecule has 0 saturated heterocycles. The number of hydrogen-bond donors (Lipinski definition) is 3. The van der Waals surface area contributed by atoms with Crippen molar-refractivity contribution in [3.05, 3.63) is 34.7 Å². The number of rotatable bonds is 10. The second kappa shape index (κ2) is 10.8. The first-order chi connectivity index (χ1) is 15.1. The van der Waals surface area contributed by atoms with Crippen LogP contribution in [-0.4, -0.2) is 48.9 Å². The van der Waals surface area contributed by atoms with Crippen molar-refractivity contribution in [1.29, 1.82) is 0 Å². The van der Waals surface area contributed by atoms with Crippen molar-refractivity contribution in [2.75, 3.05) is 37.4 Å². The maximum Gasteiger partial charge on any atom is 0.152 e. The monoisotopic (exact) mass is 463 g/mol. The third kappa shape index (κ3) is 6.45. The lowest BCUT2D eigenvalue weighted by Crippen LogP contribution is -2.38. The van der Waals surface area contributed by atoms with E-state index in [1.807, 2.05) is 12.1 Å². The molecule has 0 spiro atoms. The molecule has 31 heavy (non-hydrogen) atoms. The fourth-order valence-corrected chi connectivity index (χ4v) is 4.43. The standard InChI is InChI=1S/C23H31Cl2N5O/c1-31-9-8-26-17-4-6-18(7-5-17)30-22-11-19(20(24)14-28-22)16-10-21(23(25)29-13-16)27-12-15-2-3-15/h10-11,13-15,17-18,26-27H,2-9,12H2,1H3,(H,28,30). The number of hydrogen-bond acceptors (Lipinski definition) is 6. The van der Waals surface area contributed by atoms with E-state index in [9.17, 15) is 0 Å². The van der Waals surface area contributed by atoms with Gasteiger partial charge in [0.05, 0.1) is 17.3 Å². The summed E-state index contributed by atoms with van der Waals surface area (Å²) in [6.07, 6.45) is 10.6. The maximum absolute atomic E-state index is 6.49. The smallest absolute Gasteiger partial charge is 0.152 e. The molecule has 0 atom stereocenters. The second-order valence-electron chi connectivity index (χ2n) is 8.58. The van der Waals surface area contributed by atoms with E-state index in [0.29, 0.717) is 22.3 Å². The van der Waals surface area contributed by atoms with Crippen molar-refractivity contribution in [2.24, 2.45) is 5.92 Å². The van der Waals surface area contributed by atoms with Crippen LogP contribution in [0.5, 0.6) is 0 Å². The first-order valence-electron chi connectivity index (χ1n) is 11.2. The van der Waals surface area contributed by atoms with Crippen LogP contribution in [0, 0.1) is 5.92 Å². The van der Waals surface area contributed by atoms with Gasteiger partial charge in [0.2, 0.25) is 0 Å². The fraction of sp³-hybridized carbons (Fsp3) is 0.565. The Balaban J connectivity index is 1.39. The number of anilines is 2. The first-order valence-corrected chi connectivity index (χ1v) is 11.9. The largest absolute Gasteiger partial charge is 0.383 e. The molecule has 2 aliphatic carbocycles. The molecular weight excluding hydrogens is 433 g/mol. The van der Waals surface area contributed by atoms with Crippen LogP contribution in [0.15, 0.2) is 24.5 Å². The van der Waals surface area contributed by atoms with Crippen LogP contribution in [0.4, 0.5) is 11.5 Å². The molecule has 0 radical (unpaired) electrons. The minimum Gasteiger partial charge on any atom is -0.383 e. The fourth-order valence-electron chi connectivity index (χ4n) is 4.05. The lowest BCUT2D eigenvalue weighted by atomic mass is 9.91. The molecule has 0 amide bonds. The molecule has 0 aromatic carbocycles. The van der Waals surface area contributed by atoms with Gasteiger partial charge < -0.3 is 20.7 Å². The molecule has 4 rings (SSSR count). The van der Waals surface area contributed by atoms with E-state index >= 15 is 0 Å². The van der Waals surface area contributed by atoms with Gasteiger partial charge in [-0.05, 0) is 56.6 Å². The summed E-state index contributed by atoms with van der Waals surface area (Å²) >= 11 is 12.8. The molecule has 2 saturated carbocycles. The van der Waals surface area contributed by atoms with Crippen molar-refractivity contribution < 1.29 is 4.74 Å². The Labute approximate surface area is 194 Å². The van der Waals surface area contributed by atoms with Crippen molar-refractivity contribution in [3.63, 3.8) is 0 Å². The molecule has 2 heterocycles. The van der Waals surface area contributed by atoms with Gasteiger partial charge >= 0.3 is 0 Å². The molecule has 168 valence electrons. The van der Waals surface area contributed by atoms with Crippen molar-refractivity contribution in [1.82, 2.24) is 15.3 Å². The Hall–Kier alpha value is -1.60. The van der Waals surface area contributed by atoms with E-state index < -0.39 is 0 Å².